The maximum absolute atomic E-state index is 11.3. The Morgan fingerprint density at radius 1 is 1.00 bits per heavy atom. The van der Waals surface area contributed by atoms with Crippen LogP contribution in [0.4, 0.5) is 0 Å². The van der Waals surface area contributed by atoms with E-state index in [-0.39, 0.29) is 5.91 Å². The average Bonchev–Trinajstić information content (AvgIpc) is 2.11. The molecule has 0 aliphatic rings. The lowest BCUT2D eigenvalue weighted by molar-refractivity contribution is -0.120. The van der Waals surface area contributed by atoms with Gasteiger partial charge in [0.15, 0.2) is 0 Å². The van der Waals surface area contributed by atoms with Crippen LogP contribution in [0.25, 0.3) is 0 Å². The van der Waals surface area contributed by atoms with Crippen LogP contribution < -0.4 is 10.6 Å². The first-order chi connectivity index (χ1) is 7.02. The first-order valence-electron chi connectivity index (χ1n) is 5.99. The molecule has 0 radical (unpaired) electrons. The van der Waals surface area contributed by atoms with Crippen molar-refractivity contribution in [3.05, 3.63) is 0 Å². The second-order valence-corrected chi connectivity index (χ2v) is 4.89. The van der Waals surface area contributed by atoms with Crippen LogP contribution in [-0.4, -0.2) is 25.5 Å². The van der Waals surface area contributed by atoms with Gasteiger partial charge in [-0.1, -0.05) is 27.7 Å². The minimum Gasteiger partial charge on any atom is -0.355 e. The van der Waals surface area contributed by atoms with Gasteiger partial charge in [0.05, 0.1) is 6.54 Å². The number of amides is 1. The third-order valence-electron chi connectivity index (χ3n) is 2.23. The summed E-state index contributed by atoms with van der Waals surface area (Å²) in [6.45, 7) is 10.9. The van der Waals surface area contributed by atoms with Crippen LogP contribution >= 0.6 is 0 Å². The van der Waals surface area contributed by atoms with Gasteiger partial charge < -0.3 is 10.6 Å². The van der Waals surface area contributed by atoms with Gasteiger partial charge in [-0.2, -0.15) is 0 Å². The number of nitrogens with one attached hydrogen (secondary N) is 2. The predicted octanol–water partition coefficient (Wildman–Crippen LogP) is 1.78. The van der Waals surface area contributed by atoms with Crippen molar-refractivity contribution in [2.45, 2.75) is 40.5 Å². The van der Waals surface area contributed by atoms with Crippen LogP contribution in [0.5, 0.6) is 0 Å². The zero-order valence-electron chi connectivity index (χ0n) is 10.6. The highest BCUT2D eigenvalue weighted by Crippen LogP contribution is 1.96. The van der Waals surface area contributed by atoms with E-state index in [1.807, 2.05) is 0 Å². The monoisotopic (exact) mass is 214 g/mol. The topological polar surface area (TPSA) is 41.1 Å². The van der Waals surface area contributed by atoms with Crippen molar-refractivity contribution in [2.75, 3.05) is 19.6 Å². The third kappa shape index (κ3) is 11.4. The molecule has 15 heavy (non-hydrogen) atoms. The molecule has 0 spiro atoms. The highest BCUT2D eigenvalue weighted by molar-refractivity contribution is 5.77. The van der Waals surface area contributed by atoms with Crippen molar-refractivity contribution in [1.29, 1.82) is 0 Å². The number of carbonyl (C=O) groups is 1. The molecular formula is C12H26N2O. The highest BCUT2D eigenvalue weighted by atomic mass is 16.1. The van der Waals surface area contributed by atoms with E-state index in [4.69, 9.17) is 0 Å². The minimum absolute atomic E-state index is 0.111. The Kier molecular flexibility index (Phi) is 8.38. The molecule has 3 heteroatoms. The van der Waals surface area contributed by atoms with Crippen molar-refractivity contribution in [2.24, 2.45) is 11.8 Å². The Morgan fingerprint density at radius 3 is 2.07 bits per heavy atom. The summed E-state index contributed by atoms with van der Waals surface area (Å²) in [6.07, 6.45) is 2.18. The number of hydrogen-bond acceptors (Lipinski definition) is 2. The zero-order chi connectivity index (χ0) is 11.7. The van der Waals surface area contributed by atoms with E-state index in [9.17, 15) is 4.79 Å². The number of carbonyl (C=O) groups excluding carboxylic acids is 1. The lowest BCUT2D eigenvalue weighted by Gasteiger charge is -2.09. The molecule has 0 aromatic carbocycles. The maximum atomic E-state index is 11.3. The Bertz CT molecular complexity index is 167. The fourth-order valence-corrected chi connectivity index (χ4v) is 1.16. The molecule has 0 unspecified atom stereocenters. The SMILES string of the molecule is CC(C)CCNCC(=O)NCCC(C)C. The van der Waals surface area contributed by atoms with E-state index in [0.717, 1.165) is 25.9 Å². The lowest BCUT2D eigenvalue weighted by Crippen LogP contribution is -2.35. The Hall–Kier alpha value is -0.570. The molecule has 2 N–H and O–H groups in total. The van der Waals surface area contributed by atoms with Crippen LogP contribution in [0.1, 0.15) is 40.5 Å². The summed E-state index contributed by atoms with van der Waals surface area (Å²) in [5.74, 6) is 1.46. The molecule has 0 heterocycles. The van der Waals surface area contributed by atoms with E-state index in [1.54, 1.807) is 0 Å². The largest absolute Gasteiger partial charge is 0.355 e. The van der Waals surface area contributed by atoms with E-state index >= 15 is 0 Å². The van der Waals surface area contributed by atoms with Gasteiger partial charge in [-0.25, -0.2) is 0 Å². The van der Waals surface area contributed by atoms with Crippen molar-refractivity contribution in [3.63, 3.8) is 0 Å². The van der Waals surface area contributed by atoms with Gasteiger partial charge in [0.1, 0.15) is 0 Å². The van der Waals surface area contributed by atoms with Crippen molar-refractivity contribution in [3.8, 4) is 0 Å². The molecule has 0 atom stereocenters. The average molecular weight is 214 g/mol. The minimum atomic E-state index is 0.111. The maximum Gasteiger partial charge on any atom is 0.233 e. The highest BCUT2D eigenvalue weighted by Gasteiger charge is 2.01. The summed E-state index contributed by atoms with van der Waals surface area (Å²) < 4.78 is 0. The zero-order valence-corrected chi connectivity index (χ0v) is 10.6. The van der Waals surface area contributed by atoms with Gasteiger partial charge in [-0.3, -0.25) is 4.79 Å². The molecule has 0 fully saturated rings. The van der Waals surface area contributed by atoms with Gasteiger partial charge in [0.2, 0.25) is 5.91 Å². The molecule has 0 aliphatic heterocycles. The predicted molar refractivity (Wildman–Crippen MR) is 64.8 cm³/mol. The third-order valence-corrected chi connectivity index (χ3v) is 2.23. The molecule has 90 valence electrons. The number of hydrogen-bond donors (Lipinski definition) is 2. The summed E-state index contributed by atoms with van der Waals surface area (Å²) in [6, 6.07) is 0. The van der Waals surface area contributed by atoms with E-state index < -0.39 is 0 Å². The smallest absolute Gasteiger partial charge is 0.233 e. The summed E-state index contributed by atoms with van der Waals surface area (Å²) in [4.78, 5) is 11.3. The molecule has 0 bridgehead atoms. The van der Waals surface area contributed by atoms with Crippen LogP contribution in [0.15, 0.2) is 0 Å². The van der Waals surface area contributed by atoms with Crippen LogP contribution in [0.2, 0.25) is 0 Å². The summed E-state index contributed by atoms with van der Waals surface area (Å²) in [7, 11) is 0. The van der Waals surface area contributed by atoms with Gasteiger partial charge >= 0.3 is 0 Å². The molecule has 0 saturated carbocycles. The molecule has 0 aliphatic carbocycles. The standard InChI is InChI=1S/C12H26N2O/c1-10(2)5-7-13-9-12(15)14-8-6-11(3)4/h10-11,13H,5-9H2,1-4H3,(H,14,15). The molecule has 0 aromatic rings. The fourth-order valence-electron chi connectivity index (χ4n) is 1.16. The van der Waals surface area contributed by atoms with E-state index in [0.29, 0.717) is 18.4 Å². The lowest BCUT2D eigenvalue weighted by atomic mass is 10.1. The molecule has 3 nitrogen and oxygen atoms in total. The second-order valence-electron chi connectivity index (χ2n) is 4.89. The Balaban J connectivity index is 3.26. The van der Waals surface area contributed by atoms with Gasteiger partial charge in [0.25, 0.3) is 0 Å². The van der Waals surface area contributed by atoms with Crippen molar-refractivity contribution in [1.82, 2.24) is 10.6 Å². The fraction of sp³-hybridized carbons (Fsp3) is 0.917. The van der Waals surface area contributed by atoms with E-state index in [2.05, 4.69) is 38.3 Å². The Morgan fingerprint density at radius 2 is 1.53 bits per heavy atom. The van der Waals surface area contributed by atoms with Crippen LogP contribution in [0, 0.1) is 11.8 Å². The summed E-state index contributed by atoms with van der Waals surface area (Å²) in [5.41, 5.74) is 0. The van der Waals surface area contributed by atoms with Gasteiger partial charge in [-0.05, 0) is 31.2 Å². The molecule has 0 saturated heterocycles. The molecule has 0 rings (SSSR count). The van der Waals surface area contributed by atoms with Gasteiger partial charge in [-0.15, -0.1) is 0 Å². The molecule has 1 amide bonds. The van der Waals surface area contributed by atoms with Gasteiger partial charge in [0, 0.05) is 6.54 Å². The second kappa shape index (κ2) is 8.72. The Labute approximate surface area is 94.0 Å². The summed E-state index contributed by atoms with van der Waals surface area (Å²) in [5, 5.41) is 6.04. The number of rotatable bonds is 8. The first-order valence-corrected chi connectivity index (χ1v) is 5.99. The van der Waals surface area contributed by atoms with Crippen molar-refractivity contribution < 1.29 is 4.79 Å². The molecule has 0 aromatic heterocycles. The summed E-state index contributed by atoms with van der Waals surface area (Å²) >= 11 is 0. The first kappa shape index (κ1) is 14.4. The quantitative estimate of drug-likeness (QED) is 0.605. The molecular weight excluding hydrogens is 188 g/mol. The normalized spacial score (nSPS) is 11.1. The van der Waals surface area contributed by atoms with E-state index in [1.165, 1.54) is 0 Å². The van der Waals surface area contributed by atoms with Crippen molar-refractivity contribution >= 4 is 5.91 Å². The van der Waals surface area contributed by atoms with Crippen LogP contribution in [0.3, 0.4) is 0 Å². The van der Waals surface area contributed by atoms with Crippen LogP contribution in [-0.2, 0) is 4.79 Å².